The molecule has 3 aromatic rings. The van der Waals surface area contributed by atoms with E-state index in [9.17, 15) is 4.79 Å². The van der Waals surface area contributed by atoms with E-state index in [1.165, 1.54) is 0 Å². The zero-order chi connectivity index (χ0) is 19.0. The lowest BCUT2D eigenvalue weighted by atomic mass is 9.89. The van der Waals surface area contributed by atoms with Gasteiger partial charge in [0, 0.05) is 31.7 Å². The van der Waals surface area contributed by atoms with Crippen LogP contribution in [0.4, 0.5) is 0 Å². The number of halogens is 1. The number of hydrogen-bond acceptors (Lipinski definition) is 5. The topological polar surface area (TPSA) is 77.0 Å². The minimum atomic E-state index is -0.174. The molecule has 140 valence electrons. The summed E-state index contributed by atoms with van der Waals surface area (Å²) < 4.78 is 7.10. The number of nitrogens with zero attached hydrogens (tertiary/aromatic N) is 5. The van der Waals surface area contributed by atoms with Crippen LogP contribution in [0.15, 0.2) is 41.1 Å². The standard InChI is InChI=1S/C19H20ClN5O2/c1-3-25-11-16(20)17(22-25)19(26)24-9-14(13-7-5-4-6-8-13)15(10-24)18-21-12(2)23-27-18/h4-8,11,14-15H,3,9-10H2,1-2H3/t14-,15-/m0/s1. The molecule has 4 rings (SSSR count). The maximum atomic E-state index is 13.1. The van der Waals surface area contributed by atoms with Crippen LogP contribution >= 0.6 is 11.6 Å². The van der Waals surface area contributed by atoms with Crippen molar-refractivity contribution in [3.8, 4) is 0 Å². The largest absolute Gasteiger partial charge is 0.339 e. The van der Waals surface area contributed by atoms with Crippen molar-refractivity contribution in [2.75, 3.05) is 13.1 Å². The molecule has 1 amide bonds. The second kappa shape index (κ2) is 7.15. The molecule has 0 saturated carbocycles. The number of carbonyl (C=O) groups is 1. The number of likely N-dealkylation sites (tertiary alicyclic amines) is 1. The van der Waals surface area contributed by atoms with Crippen LogP contribution < -0.4 is 0 Å². The van der Waals surface area contributed by atoms with Gasteiger partial charge in [-0.2, -0.15) is 10.1 Å². The van der Waals surface area contributed by atoms with Crippen molar-refractivity contribution in [2.24, 2.45) is 0 Å². The zero-order valence-corrected chi connectivity index (χ0v) is 15.9. The molecule has 1 aliphatic rings. The molecule has 0 radical (unpaired) electrons. The van der Waals surface area contributed by atoms with Crippen molar-refractivity contribution in [2.45, 2.75) is 32.2 Å². The smallest absolute Gasteiger partial charge is 0.275 e. The van der Waals surface area contributed by atoms with Crippen molar-refractivity contribution in [1.82, 2.24) is 24.8 Å². The molecular weight excluding hydrogens is 366 g/mol. The Morgan fingerprint density at radius 3 is 2.63 bits per heavy atom. The third-order valence-electron chi connectivity index (χ3n) is 4.94. The van der Waals surface area contributed by atoms with Crippen LogP contribution in [0, 0.1) is 6.92 Å². The number of carbonyl (C=O) groups excluding carboxylic acids is 1. The van der Waals surface area contributed by atoms with Gasteiger partial charge < -0.3 is 9.42 Å². The Morgan fingerprint density at radius 2 is 2.00 bits per heavy atom. The van der Waals surface area contributed by atoms with Gasteiger partial charge in [0.1, 0.15) is 0 Å². The van der Waals surface area contributed by atoms with E-state index < -0.39 is 0 Å². The summed E-state index contributed by atoms with van der Waals surface area (Å²) >= 11 is 6.24. The molecule has 3 heterocycles. The fraction of sp³-hybridized carbons (Fsp3) is 0.368. The van der Waals surface area contributed by atoms with Crippen LogP contribution in [-0.2, 0) is 6.54 Å². The van der Waals surface area contributed by atoms with E-state index in [4.69, 9.17) is 16.1 Å². The maximum Gasteiger partial charge on any atom is 0.275 e. The summed E-state index contributed by atoms with van der Waals surface area (Å²) in [7, 11) is 0. The summed E-state index contributed by atoms with van der Waals surface area (Å²) in [4.78, 5) is 19.2. The first-order valence-electron chi connectivity index (χ1n) is 8.94. The molecule has 27 heavy (non-hydrogen) atoms. The first-order chi connectivity index (χ1) is 13.1. The van der Waals surface area contributed by atoms with Gasteiger partial charge in [-0.05, 0) is 19.4 Å². The Labute approximate surface area is 161 Å². The molecule has 0 aliphatic carbocycles. The van der Waals surface area contributed by atoms with Gasteiger partial charge in [-0.1, -0.05) is 47.1 Å². The molecule has 2 atom stereocenters. The highest BCUT2D eigenvalue weighted by Gasteiger charge is 2.41. The lowest BCUT2D eigenvalue weighted by Gasteiger charge is -2.15. The normalized spacial score (nSPS) is 19.6. The molecule has 0 bridgehead atoms. The highest BCUT2D eigenvalue weighted by atomic mass is 35.5. The predicted molar refractivity (Wildman–Crippen MR) is 99.8 cm³/mol. The Kier molecular flexibility index (Phi) is 4.70. The number of aryl methyl sites for hydroxylation is 2. The van der Waals surface area contributed by atoms with Gasteiger partial charge in [0.2, 0.25) is 5.89 Å². The summed E-state index contributed by atoms with van der Waals surface area (Å²) in [6.07, 6.45) is 1.68. The van der Waals surface area contributed by atoms with Crippen molar-refractivity contribution < 1.29 is 9.32 Å². The van der Waals surface area contributed by atoms with E-state index >= 15 is 0 Å². The van der Waals surface area contributed by atoms with Crippen LogP contribution in [0.5, 0.6) is 0 Å². The third kappa shape index (κ3) is 3.35. The van der Waals surface area contributed by atoms with Crippen molar-refractivity contribution in [1.29, 1.82) is 0 Å². The maximum absolute atomic E-state index is 13.1. The van der Waals surface area contributed by atoms with Gasteiger partial charge in [0.05, 0.1) is 10.9 Å². The molecule has 0 N–H and O–H groups in total. The van der Waals surface area contributed by atoms with E-state index in [1.807, 2.05) is 25.1 Å². The van der Waals surface area contributed by atoms with E-state index in [0.717, 1.165) is 5.56 Å². The van der Waals surface area contributed by atoms with E-state index in [2.05, 4.69) is 27.4 Å². The molecule has 8 heteroatoms. The average Bonchev–Trinajstić information content (AvgIpc) is 3.39. The summed E-state index contributed by atoms with van der Waals surface area (Å²) in [5.41, 5.74) is 1.42. The zero-order valence-electron chi connectivity index (χ0n) is 15.2. The van der Waals surface area contributed by atoms with E-state index in [0.29, 0.717) is 36.4 Å². The van der Waals surface area contributed by atoms with Gasteiger partial charge in [-0.25, -0.2) is 0 Å². The highest BCUT2D eigenvalue weighted by Crippen LogP contribution is 2.39. The van der Waals surface area contributed by atoms with Crippen molar-refractivity contribution in [3.63, 3.8) is 0 Å². The number of hydrogen-bond donors (Lipinski definition) is 0. The summed E-state index contributed by atoms with van der Waals surface area (Å²) in [6, 6.07) is 10.1. The monoisotopic (exact) mass is 385 g/mol. The van der Waals surface area contributed by atoms with Gasteiger partial charge in [0.15, 0.2) is 11.5 Å². The van der Waals surface area contributed by atoms with Gasteiger partial charge in [-0.3, -0.25) is 9.48 Å². The minimum absolute atomic E-state index is 0.0652. The SMILES string of the molecule is CCn1cc(Cl)c(C(=O)N2C[C@H](c3nc(C)no3)[C@H](c3ccccc3)C2)n1. The molecule has 1 fully saturated rings. The first kappa shape index (κ1) is 17.7. The van der Waals surface area contributed by atoms with Gasteiger partial charge in [0.25, 0.3) is 5.91 Å². The van der Waals surface area contributed by atoms with Crippen molar-refractivity contribution in [3.05, 3.63) is 64.5 Å². The molecule has 7 nitrogen and oxygen atoms in total. The average molecular weight is 386 g/mol. The first-order valence-corrected chi connectivity index (χ1v) is 9.32. The number of benzene rings is 1. The second-order valence-electron chi connectivity index (χ2n) is 6.69. The lowest BCUT2D eigenvalue weighted by Crippen LogP contribution is -2.29. The lowest BCUT2D eigenvalue weighted by molar-refractivity contribution is 0.0781. The van der Waals surface area contributed by atoms with Crippen molar-refractivity contribution >= 4 is 17.5 Å². The van der Waals surface area contributed by atoms with E-state index in [1.54, 1.807) is 22.7 Å². The van der Waals surface area contributed by atoms with Crippen LogP contribution in [0.1, 0.15) is 46.5 Å². The Balaban J connectivity index is 1.65. The van der Waals surface area contributed by atoms with E-state index in [-0.39, 0.29) is 23.4 Å². The number of amides is 1. The molecule has 1 aliphatic heterocycles. The summed E-state index contributed by atoms with van der Waals surface area (Å²) in [5.74, 6) is 0.978. The predicted octanol–water partition coefficient (Wildman–Crippen LogP) is 3.27. The quantitative estimate of drug-likeness (QED) is 0.688. The fourth-order valence-corrected chi connectivity index (χ4v) is 3.81. The molecular formula is C19H20ClN5O2. The Hall–Kier alpha value is -2.67. The molecule has 1 aromatic carbocycles. The molecule has 1 saturated heterocycles. The highest BCUT2D eigenvalue weighted by molar-refractivity contribution is 6.33. The van der Waals surface area contributed by atoms with Gasteiger partial charge >= 0.3 is 0 Å². The molecule has 0 spiro atoms. The van der Waals surface area contributed by atoms with Gasteiger partial charge in [-0.15, -0.1) is 0 Å². The summed E-state index contributed by atoms with van der Waals surface area (Å²) in [6.45, 7) is 5.43. The van der Waals surface area contributed by atoms with Crippen LogP contribution in [0.3, 0.4) is 0 Å². The number of aromatic nitrogens is 4. The Morgan fingerprint density at radius 1 is 1.26 bits per heavy atom. The fourth-order valence-electron chi connectivity index (χ4n) is 3.58. The van der Waals surface area contributed by atoms with Crippen LogP contribution in [0.25, 0.3) is 0 Å². The van der Waals surface area contributed by atoms with Crippen LogP contribution in [-0.4, -0.2) is 43.8 Å². The molecule has 2 aromatic heterocycles. The molecule has 0 unspecified atom stereocenters. The summed E-state index contributed by atoms with van der Waals surface area (Å²) in [5, 5.41) is 8.60. The third-order valence-corrected chi connectivity index (χ3v) is 5.22. The Bertz CT molecular complexity index is 952. The number of rotatable bonds is 4. The van der Waals surface area contributed by atoms with Crippen LogP contribution in [0.2, 0.25) is 5.02 Å². The minimum Gasteiger partial charge on any atom is -0.339 e. The second-order valence-corrected chi connectivity index (χ2v) is 7.10.